The van der Waals surface area contributed by atoms with Gasteiger partial charge in [-0.25, -0.2) is 13.8 Å². The summed E-state index contributed by atoms with van der Waals surface area (Å²) in [5.41, 5.74) is 2.85. The van der Waals surface area contributed by atoms with Gasteiger partial charge in [0.1, 0.15) is 34.2 Å². The fourth-order valence-electron chi connectivity index (χ4n) is 3.07. The number of hydrazone groups is 1. The highest BCUT2D eigenvalue weighted by atomic mass is 32.2. The molecule has 0 amide bonds. The topological polar surface area (TPSA) is 82.3 Å². The number of hydrogen-bond donors (Lipinski definition) is 2. The van der Waals surface area contributed by atoms with Crippen molar-refractivity contribution in [2.45, 2.75) is 23.9 Å². The average Bonchev–Trinajstić information content (AvgIpc) is 2.83. The summed E-state index contributed by atoms with van der Waals surface area (Å²) in [5.74, 6) is -0.916. The molecule has 0 aliphatic rings. The Labute approximate surface area is 218 Å². The molecule has 0 saturated heterocycles. The lowest BCUT2D eigenvalue weighted by atomic mass is 10.1. The van der Waals surface area contributed by atoms with E-state index in [4.69, 9.17) is 17.0 Å². The van der Waals surface area contributed by atoms with Crippen LogP contribution in [0.5, 0.6) is 5.75 Å². The number of halogens is 5. The molecule has 3 aromatic rings. The Morgan fingerprint density at radius 3 is 2.62 bits per heavy atom. The van der Waals surface area contributed by atoms with Crippen LogP contribution in [0.1, 0.15) is 27.9 Å². The SMILES string of the molecule is COc1ccc(C=NNC(=S)Nc2ccc(F)cc2F)cc1CSc1nc(C(F)(F)F)cc(C)c1C#N. The molecule has 2 aromatic carbocycles. The van der Waals surface area contributed by atoms with E-state index < -0.39 is 23.5 Å². The third kappa shape index (κ3) is 7.37. The number of methoxy groups -OCH3 is 1. The van der Waals surface area contributed by atoms with E-state index in [0.717, 1.165) is 23.9 Å². The zero-order chi connectivity index (χ0) is 27.2. The van der Waals surface area contributed by atoms with E-state index in [1.165, 1.54) is 26.3 Å². The molecular weight excluding hydrogens is 533 g/mol. The molecule has 0 saturated carbocycles. The van der Waals surface area contributed by atoms with Crippen molar-refractivity contribution < 1.29 is 26.7 Å². The number of alkyl halides is 3. The van der Waals surface area contributed by atoms with Crippen LogP contribution >= 0.6 is 24.0 Å². The summed E-state index contributed by atoms with van der Waals surface area (Å²) >= 11 is 6.02. The minimum Gasteiger partial charge on any atom is -0.496 e. The van der Waals surface area contributed by atoms with Gasteiger partial charge in [0.05, 0.1) is 24.6 Å². The van der Waals surface area contributed by atoms with E-state index in [0.29, 0.717) is 22.9 Å². The van der Waals surface area contributed by atoms with Crippen molar-refractivity contribution in [1.29, 1.82) is 5.26 Å². The average molecular weight is 552 g/mol. The highest BCUT2D eigenvalue weighted by Crippen LogP contribution is 2.35. The van der Waals surface area contributed by atoms with Crippen molar-refractivity contribution in [1.82, 2.24) is 10.4 Å². The maximum Gasteiger partial charge on any atom is 0.433 e. The second kappa shape index (κ2) is 12.0. The summed E-state index contributed by atoms with van der Waals surface area (Å²) in [6.45, 7) is 1.42. The predicted octanol–water partition coefficient (Wildman–Crippen LogP) is 6.18. The minimum atomic E-state index is -4.65. The van der Waals surface area contributed by atoms with Crippen molar-refractivity contribution in [2.24, 2.45) is 5.10 Å². The maximum absolute atomic E-state index is 13.7. The monoisotopic (exact) mass is 551 g/mol. The second-order valence-corrected chi connectivity index (χ2v) is 8.79. The molecule has 1 heterocycles. The first-order valence-corrected chi connectivity index (χ1v) is 11.7. The molecule has 6 nitrogen and oxygen atoms in total. The predicted molar refractivity (Wildman–Crippen MR) is 135 cm³/mol. The van der Waals surface area contributed by atoms with Crippen LogP contribution in [0.4, 0.5) is 27.6 Å². The molecule has 192 valence electrons. The lowest BCUT2D eigenvalue weighted by molar-refractivity contribution is -0.141. The number of anilines is 1. The summed E-state index contributed by atoms with van der Waals surface area (Å²) in [6.07, 6.45) is -3.23. The molecule has 0 bridgehead atoms. The van der Waals surface area contributed by atoms with Gasteiger partial charge in [-0.05, 0) is 66.7 Å². The lowest BCUT2D eigenvalue weighted by Crippen LogP contribution is -2.24. The van der Waals surface area contributed by atoms with Crippen LogP contribution in [0.2, 0.25) is 0 Å². The fraction of sp³-hybridized carbons (Fsp3) is 0.167. The van der Waals surface area contributed by atoms with Gasteiger partial charge in [-0.1, -0.05) is 0 Å². The minimum absolute atomic E-state index is 0.0342. The number of pyridine rings is 1. The summed E-state index contributed by atoms with van der Waals surface area (Å²) in [5, 5.41) is 15.9. The molecular formula is C24H18F5N5OS2. The van der Waals surface area contributed by atoms with E-state index in [1.807, 2.05) is 6.07 Å². The van der Waals surface area contributed by atoms with Crippen molar-refractivity contribution in [3.05, 3.63) is 82.0 Å². The van der Waals surface area contributed by atoms with E-state index in [-0.39, 0.29) is 32.7 Å². The van der Waals surface area contributed by atoms with Crippen LogP contribution < -0.4 is 15.5 Å². The summed E-state index contributed by atoms with van der Waals surface area (Å²) in [4.78, 5) is 3.65. The Kier molecular flexibility index (Phi) is 9.01. The molecule has 3 rings (SSSR count). The van der Waals surface area contributed by atoms with Crippen LogP contribution in [-0.2, 0) is 11.9 Å². The molecule has 0 aliphatic heterocycles. The Bertz CT molecular complexity index is 1390. The highest BCUT2D eigenvalue weighted by molar-refractivity contribution is 7.98. The van der Waals surface area contributed by atoms with Gasteiger partial charge in [0.15, 0.2) is 5.11 Å². The van der Waals surface area contributed by atoms with E-state index in [1.54, 1.807) is 18.2 Å². The number of nitriles is 1. The van der Waals surface area contributed by atoms with Gasteiger partial charge in [-0.2, -0.15) is 23.5 Å². The number of nitrogens with one attached hydrogen (secondary N) is 2. The van der Waals surface area contributed by atoms with Gasteiger partial charge in [0.2, 0.25) is 0 Å². The van der Waals surface area contributed by atoms with Crippen molar-refractivity contribution >= 4 is 41.0 Å². The van der Waals surface area contributed by atoms with Crippen LogP contribution in [0.3, 0.4) is 0 Å². The van der Waals surface area contributed by atoms with Gasteiger partial charge in [-0.15, -0.1) is 11.8 Å². The van der Waals surface area contributed by atoms with Crippen molar-refractivity contribution in [3.8, 4) is 11.8 Å². The number of nitrogens with zero attached hydrogens (tertiary/aromatic N) is 3. The number of thioether (sulfide) groups is 1. The number of aromatic nitrogens is 1. The van der Waals surface area contributed by atoms with Gasteiger partial charge >= 0.3 is 6.18 Å². The number of hydrogen-bond acceptors (Lipinski definition) is 6. The summed E-state index contributed by atoms with van der Waals surface area (Å²) in [7, 11) is 1.45. The smallest absolute Gasteiger partial charge is 0.433 e. The first kappa shape index (κ1) is 27.8. The van der Waals surface area contributed by atoms with Crippen LogP contribution in [0, 0.1) is 29.9 Å². The highest BCUT2D eigenvalue weighted by Gasteiger charge is 2.34. The third-order valence-corrected chi connectivity index (χ3v) is 6.03. The van der Waals surface area contributed by atoms with E-state index >= 15 is 0 Å². The van der Waals surface area contributed by atoms with Gasteiger partial charge < -0.3 is 10.1 Å². The Balaban J connectivity index is 1.73. The molecule has 0 unspecified atom stereocenters. The quantitative estimate of drug-likeness (QED) is 0.119. The number of benzene rings is 2. The first-order valence-electron chi connectivity index (χ1n) is 10.4. The number of aryl methyl sites for hydroxylation is 1. The zero-order valence-corrected chi connectivity index (χ0v) is 20.9. The second-order valence-electron chi connectivity index (χ2n) is 7.42. The van der Waals surface area contributed by atoms with Crippen LogP contribution in [-0.4, -0.2) is 23.4 Å². The molecule has 0 radical (unpaired) electrons. The molecule has 0 fully saturated rings. The standard InChI is InChI=1S/C24H18F5N5OS2/c1-13-7-21(24(27,28)29)33-22(17(13)10-30)37-12-15-8-14(3-6-20(15)35-2)11-31-34-23(36)32-19-5-4-16(25)9-18(19)26/h3-9,11H,12H2,1-2H3,(H2,32,34,36). The maximum atomic E-state index is 13.7. The van der Waals surface area contributed by atoms with Crippen molar-refractivity contribution in [2.75, 3.05) is 12.4 Å². The van der Waals surface area contributed by atoms with Gasteiger partial charge in [0, 0.05) is 17.4 Å². The fourth-order valence-corrected chi connectivity index (χ4v) is 4.27. The molecule has 2 N–H and O–H groups in total. The number of thiocarbonyl (C=S) groups is 1. The van der Waals surface area contributed by atoms with Crippen molar-refractivity contribution in [3.63, 3.8) is 0 Å². The molecule has 0 atom stereocenters. The summed E-state index contributed by atoms with van der Waals surface area (Å²) < 4.78 is 71.7. The molecule has 0 aliphatic carbocycles. The summed E-state index contributed by atoms with van der Waals surface area (Å²) in [6, 6.07) is 10.8. The lowest BCUT2D eigenvalue weighted by Gasteiger charge is -2.13. The molecule has 37 heavy (non-hydrogen) atoms. The Morgan fingerprint density at radius 1 is 1.22 bits per heavy atom. The largest absolute Gasteiger partial charge is 0.496 e. The third-order valence-electron chi connectivity index (χ3n) is 4.81. The molecule has 1 aromatic heterocycles. The zero-order valence-electron chi connectivity index (χ0n) is 19.3. The van der Waals surface area contributed by atoms with E-state index in [9.17, 15) is 27.2 Å². The van der Waals surface area contributed by atoms with E-state index in [2.05, 4.69) is 20.8 Å². The molecule has 0 spiro atoms. The molecule has 13 heteroatoms. The Hall–Kier alpha value is -3.76. The van der Waals surface area contributed by atoms with Gasteiger partial charge in [0.25, 0.3) is 0 Å². The Morgan fingerprint density at radius 2 is 1.97 bits per heavy atom. The van der Waals surface area contributed by atoms with Crippen LogP contribution in [0.25, 0.3) is 0 Å². The number of rotatable bonds is 7. The normalized spacial score (nSPS) is 11.3. The number of ether oxygens (including phenoxy) is 1. The van der Waals surface area contributed by atoms with Crippen LogP contribution in [0.15, 0.2) is 52.6 Å². The first-order chi connectivity index (χ1) is 17.5. The van der Waals surface area contributed by atoms with Gasteiger partial charge in [-0.3, -0.25) is 5.43 Å².